The summed E-state index contributed by atoms with van der Waals surface area (Å²) in [5, 5.41) is 3.67. The highest BCUT2D eigenvalue weighted by Gasteiger charge is 2.29. The van der Waals surface area contributed by atoms with Gasteiger partial charge in [0.2, 0.25) is 0 Å². The molecule has 0 spiro atoms. The predicted molar refractivity (Wildman–Crippen MR) is 72.6 cm³/mol. The normalized spacial score (nSPS) is 20.9. The molecule has 0 aromatic heterocycles. The fourth-order valence-corrected chi connectivity index (χ4v) is 2.15. The molecule has 1 aliphatic heterocycles. The maximum atomic E-state index is 11.8. The molecule has 1 aromatic carbocycles. The summed E-state index contributed by atoms with van der Waals surface area (Å²) >= 11 is 5.85. The largest absolute Gasteiger partial charge is 0.329 e. The number of amides is 2. The molecule has 0 saturated carbocycles. The number of halogens is 1. The van der Waals surface area contributed by atoms with E-state index < -0.39 is 0 Å². The molecular weight excluding hydrogens is 250 g/mol. The molecule has 5 heteroatoms. The van der Waals surface area contributed by atoms with E-state index in [-0.39, 0.29) is 18.1 Å². The number of hydrogen-bond acceptors (Lipinski definition) is 2. The predicted octanol–water partition coefficient (Wildman–Crippen LogP) is 2.14. The standard InChI is InChI=1S/C13H18ClN3O/c1-9(15)6-7-17-8-12(16-13(17)18)10-2-4-11(14)5-3-10/h2-5,9,12H,6-8,15H2,1H3,(H,16,18). The van der Waals surface area contributed by atoms with Crippen LogP contribution in [0.2, 0.25) is 5.02 Å². The van der Waals surface area contributed by atoms with Gasteiger partial charge in [-0.05, 0) is 31.0 Å². The van der Waals surface area contributed by atoms with Gasteiger partial charge in [0.15, 0.2) is 0 Å². The number of urea groups is 1. The van der Waals surface area contributed by atoms with Crippen molar-refractivity contribution in [2.24, 2.45) is 5.73 Å². The molecule has 1 aliphatic rings. The summed E-state index contributed by atoms with van der Waals surface area (Å²) in [5.41, 5.74) is 6.79. The Morgan fingerprint density at radius 2 is 2.17 bits per heavy atom. The highest BCUT2D eigenvalue weighted by Crippen LogP contribution is 2.22. The second-order valence-electron chi connectivity index (χ2n) is 4.77. The molecule has 2 unspecified atom stereocenters. The number of benzene rings is 1. The molecule has 4 nitrogen and oxygen atoms in total. The highest BCUT2D eigenvalue weighted by molar-refractivity contribution is 6.30. The molecule has 2 atom stereocenters. The van der Waals surface area contributed by atoms with Crippen molar-refractivity contribution in [3.63, 3.8) is 0 Å². The minimum atomic E-state index is -0.0180. The molecule has 18 heavy (non-hydrogen) atoms. The lowest BCUT2D eigenvalue weighted by Gasteiger charge is -2.15. The molecule has 2 amide bonds. The van der Waals surface area contributed by atoms with Crippen LogP contribution in [-0.2, 0) is 0 Å². The molecule has 0 bridgehead atoms. The maximum absolute atomic E-state index is 11.8. The summed E-state index contributed by atoms with van der Waals surface area (Å²) in [6.07, 6.45) is 0.820. The summed E-state index contributed by atoms with van der Waals surface area (Å²) in [4.78, 5) is 13.6. The summed E-state index contributed by atoms with van der Waals surface area (Å²) < 4.78 is 0. The van der Waals surface area contributed by atoms with Crippen molar-refractivity contribution in [3.05, 3.63) is 34.9 Å². The second-order valence-corrected chi connectivity index (χ2v) is 5.20. The van der Waals surface area contributed by atoms with E-state index in [9.17, 15) is 4.79 Å². The average molecular weight is 268 g/mol. The lowest BCUT2D eigenvalue weighted by Crippen LogP contribution is -2.32. The van der Waals surface area contributed by atoms with Gasteiger partial charge in [-0.25, -0.2) is 4.79 Å². The summed E-state index contributed by atoms with van der Waals surface area (Å²) in [6.45, 7) is 3.34. The summed E-state index contributed by atoms with van der Waals surface area (Å²) in [7, 11) is 0. The number of nitrogens with two attached hydrogens (primary N) is 1. The maximum Gasteiger partial charge on any atom is 0.318 e. The van der Waals surface area contributed by atoms with Gasteiger partial charge in [-0.1, -0.05) is 23.7 Å². The van der Waals surface area contributed by atoms with Crippen LogP contribution < -0.4 is 11.1 Å². The molecule has 2 rings (SSSR count). The zero-order valence-electron chi connectivity index (χ0n) is 10.4. The zero-order valence-corrected chi connectivity index (χ0v) is 11.2. The van der Waals surface area contributed by atoms with Crippen molar-refractivity contribution in [1.82, 2.24) is 10.2 Å². The topological polar surface area (TPSA) is 58.4 Å². The van der Waals surface area contributed by atoms with Crippen LogP contribution in [0.1, 0.15) is 24.9 Å². The first-order valence-corrected chi connectivity index (χ1v) is 6.50. The Bertz CT molecular complexity index is 419. The van der Waals surface area contributed by atoms with Gasteiger partial charge in [0.05, 0.1) is 6.04 Å². The van der Waals surface area contributed by atoms with Crippen molar-refractivity contribution >= 4 is 17.6 Å². The Hall–Kier alpha value is -1.26. The molecule has 0 aliphatic carbocycles. The summed E-state index contributed by atoms with van der Waals surface area (Å²) in [6, 6.07) is 7.72. The lowest BCUT2D eigenvalue weighted by atomic mass is 10.1. The molecule has 1 aromatic rings. The van der Waals surface area contributed by atoms with Gasteiger partial charge in [0, 0.05) is 24.2 Å². The minimum absolute atomic E-state index is 0.0180. The third-order valence-electron chi connectivity index (χ3n) is 3.11. The van der Waals surface area contributed by atoms with Crippen molar-refractivity contribution in [2.45, 2.75) is 25.4 Å². The fraction of sp³-hybridized carbons (Fsp3) is 0.462. The van der Waals surface area contributed by atoms with Gasteiger partial charge in [-0.15, -0.1) is 0 Å². The number of rotatable bonds is 4. The zero-order chi connectivity index (χ0) is 13.1. The fourth-order valence-electron chi connectivity index (χ4n) is 2.03. The van der Waals surface area contributed by atoms with Gasteiger partial charge in [0.1, 0.15) is 0 Å². The molecule has 3 N–H and O–H groups in total. The average Bonchev–Trinajstić information content (AvgIpc) is 2.69. The van der Waals surface area contributed by atoms with Gasteiger partial charge >= 0.3 is 6.03 Å². The van der Waals surface area contributed by atoms with E-state index in [1.54, 1.807) is 0 Å². The van der Waals surface area contributed by atoms with Crippen molar-refractivity contribution in [1.29, 1.82) is 0 Å². The van der Waals surface area contributed by atoms with E-state index >= 15 is 0 Å². The molecule has 1 fully saturated rings. The van der Waals surface area contributed by atoms with Gasteiger partial charge < -0.3 is 16.0 Å². The van der Waals surface area contributed by atoms with Crippen LogP contribution in [0.3, 0.4) is 0 Å². The van der Waals surface area contributed by atoms with Crippen LogP contribution in [0.25, 0.3) is 0 Å². The molecule has 0 radical (unpaired) electrons. The Kier molecular flexibility index (Phi) is 4.09. The molecule has 1 heterocycles. The number of carbonyl (C=O) groups is 1. The summed E-state index contributed by atoms with van der Waals surface area (Å²) in [5.74, 6) is 0. The van der Waals surface area contributed by atoms with Crippen LogP contribution in [0.4, 0.5) is 4.79 Å². The Morgan fingerprint density at radius 3 is 2.78 bits per heavy atom. The SMILES string of the molecule is CC(N)CCN1CC(c2ccc(Cl)cc2)NC1=O. The number of hydrogen-bond donors (Lipinski definition) is 2. The quantitative estimate of drug-likeness (QED) is 0.878. The van der Waals surface area contributed by atoms with E-state index in [1.165, 1.54) is 0 Å². The molecular formula is C13H18ClN3O. The minimum Gasteiger partial charge on any atom is -0.329 e. The number of nitrogens with zero attached hydrogens (tertiary/aromatic N) is 1. The third-order valence-corrected chi connectivity index (χ3v) is 3.37. The Balaban J connectivity index is 1.97. The van der Waals surface area contributed by atoms with E-state index in [0.29, 0.717) is 18.1 Å². The first kappa shape index (κ1) is 13.2. The second kappa shape index (κ2) is 5.59. The molecule has 98 valence electrons. The van der Waals surface area contributed by atoms with E-state index in [2.05, 4.69) is 5.32 Å². The first-order valence-electron chi connectivity index (χ1n) is 6.13. The van der Waals surface area contributed by atoms with Crippen LogP contribution in [-0.4, -0.2) is 30.1 Å². The van der Waals surface area contributed by atoms with Gasteiger partial charge in [0.25, 0.3) is 0 Å². The van der Waals surface area contributed by atoms with E-state index in [0.717, 1.165) is 12.0 Å². The van der Waals surface area contributed by atoms with Crippen LogP contribution in [0.5, 0.6) is 0 Å². The van der Waals surface area contributed by atoms with Crippen molar-refractivity contribution in [3.8, 4) is 0 Å². The lowest BCUT2D eigenvalue weighted by molar-refractivity contribution is 0.216. The number of nitrogens with one attached hydrogen (secondary N) is 1. The van der Waals surface area contributed by atoms with Crippen LogP contribution in [0.15, 0.2) is 24.3 Å². The number of carbonyl (C=O) groups excluding carboxylic acids is 1. The van der Waals surface area contributed by atoms with Crippen LogP contribution in [0, 0.1) is 0 Å². The first-order chi connectivity index (χ1) is 8.56. The van der Waals surface area contributed by atoms with Crippen molar-refractivity contribution in [2.75, 3.05) is 13.1 Å². The van der Waals surface area contributed by atoms with Gasteiger partial charge in [-0.2, -0.15) is 0 Å². The van der Waals surface area contributed by atoms with Gasteiger partial charge in [-0.3, -0.25) is 0 Å². The Labute approximate surface area is 112 Å². The molecule has 1 saturated heterocycles. The van der Waals surface area contributed by atoms with Crippen LogP contribution >= 0.6 is 11.6 Å². The third kappa shape index (κ3) is 3.15. The Morgan fingerprint density at radius 1 is 1.50 bits per heavy atom. The van der Waals surface area contributed by atoms with Crippen molar-refractivity contribution < 1.29 is 4.79 Å². The van der Waals surface area contributed by atoms with E-state index in [1.807, 2.05) is 36.1 Å². The van der Waals surface area contributed by atoms with E-state index in [4.69, 9.17) is 17.3 Å². The smallest absolute Gasteiger partial charge is 0.318 e. The monoisotopic (exact) mass is 267 g/mol. The highest BCUT2D eigenvalue weighted by atomic mass is 35.5.